The maximum absolute atomic E-state index is 5.45. The molecule has 1 N–H and O–H groups in total. The molecular weight excluding hydrogens is 325 g/mol. The van der Waals surface area contributed by atoms with Gasteiger partial charge >= 0.3 is 0 Å². The lowest BCUT2D eigenvalue weighted by Crippen LogP contribution is -2.08. The van der Waals surface area contributed by atoms with Crippen molar-refractivity contribution in [1.29, 1.82) is 0 Å². The molecule has 2 aromatic rings. The molecule has 0 aliphatic carbocycles. The van der Waals surface area contributed by atoms with Gasteiger partial charge in [-0.1, -0.05) is 13.0 Å². The third-order valence-electron chi connectivity index (χ3n) is 2.81. The smallest absolute Gasteiger partial charge is 0.125 e. The Morgan fingerprint density at radius 3 is 2.76 bits per heavy atom. The van der Waals surface area contributed by atoms with Gasteiger partial charge in [-0.3, -0.25) is 0 Å². The fourth-order valence-corrected chi connectivity index (χ4v) is 2.26. The molecule has 1 atom stereocenters. The zero-order valence-corrected chi connectivity index (χ0v) is 12.2. The molecule has 17 heavy (non-hydrogen) atoms. The van der Waals surface area contributed by atoms with Crippen molar-refractivity contribution in [1.82, 2.24) is 0 Å². The second-order valence-corrected chi connectivity index (χ2v) is 5.25. The standard InChI is InChI=1S/C14H16INO/c1-3-13(14-5-4-8-17-14)16-11-7-6-10(2)12(15)9-11/h4-9,13,16H,3H2,1-2H3. The van der Waals surface area contributed by atoms with E-state index >= 15 is 0 Å². The number of halogens is 1. The molecule has 0 bridgehead atoms. The number of aryl methyl sites for hydroxylation is 1. The van der Waals surface area contributed by atoms with E-state index in [1.54, 1.807) is 6.26 Å². The quantitative estimate of drug-likeness (QED) is 0.812. The highest BCUT2D eigenvalue weighted by molar-refractivity contribution is 14.1. The first-order valence-corrected chi connectivity index (χ1v) is 6.84. The number of hydrogen-bond donors (Lipinski definition) is 1. The first-order valence-electron chi connectivity index (χ1n) is 5.76. The van der Waals surface area contributed by atoms with Crippen LogP contribution in [0.3, 0.4) is 0 Å². The average molecular weight is 341 g/mol. The summed E-state index contributed by atoms with van der Waals surface area (Å²) in [6.45, 7) is 4.27. The van der Waals surface area contributed by atoms with Crippen LogP contribution in [-0.4, -0.2) is 0 Å². The Balaban J connectivity index is 2.16. The third kappa shape index (κ3) is 3.03. The number of anilines is 1. The van der Waals surface area contributed by atoms with Crippen LogP contribution in [0, 0.1) is 10.5 Å². The SMILES string of the molecule is CCC(Nc1ccc(C)c(I)c1)c1ccco1. The van der Waals surface area contributed by atoms with Gasteiger partial charge in [0.05, 0.1) is 12.3 Å². The van der Waals surface area contributed by atoms with E-state index in [4.69, 9.17) is 4.42 Å². The summed E-state index contributed by atoms with van der Waals surface area (Å²) < 4.78 is 6.73. The van der Waals surface area contributed by atoms with Crippen LogP contribution < -0.4 is 5.32 Å². The van der Waals surface area contributed by atoms with Gasteiger partial charge in [-0.05, 0) is 65.8 Å². The van der Waals surface area contributed by atoms with Gasteiger partial charge in [-0.25, -0.2) is 0 Å². The molecule has 0 fully saturated rings. The largest absolute Gasteiger partial charge is 0.467 e. The van der Waals surface area contributed by atoms with Gasteiger partial charge in [-0.2, -0.15) is 0 Å². The van der Waals surface area contributed by atoms with Crippen LogP contribution in [0.5, 0.6) is 0 Å². The van der Waals surface area contributed by atoms with Crippen molar-refractivity contribution in [2.75, 3.05) is 5.32 Å². The van der Waals surface area contributed by atoms with Crippen molar-refractivity contribution in [2.24, 2.45) is 0 Å². The molecule has 1 aromatic heterocycles. The van der Waals surface area contributed by atoms with Crippen LogP contribution in [-0.2, 0) is 0 Å². The van der Waals surface area contributed by atoms with Crippen molar-refractivity contribution in [3.05, 3.63) is 51.5 Å². The van der Waals surface area contributed by atoms with Gasteiger partial charge in [0, 0.05) is 9.26 Å². The van der Waals surface area contributed by atoms with Crippen molar-refractivity contribution < 1.29 is 4.42 Å². The molecular formula is C14H16INO. The van der Waals surface area contributed by atoms with E-state index in [0.29, 0.717) is 0 Å². The monoisotopic (exact) mass is 341 g/mol. The molecule has 0 aliphatic heterocycles. The van der Waals surface area contributed by atoms with Gasteiger partial charge in [0.2, 0.25) is 0 Å². The minimum atomic E-state index is 0.239. The summed E-state index contributed by atoms with van der Waals surface area (Å²) >= 11 is 2.36. The molecule has 1 unspecified atom stereocenters. The van der Waals surface area contributed by atoms with Gasteiger partial charge in [0.1, 0.15) is 5.76 Å². The van der Waals surface area contributed by atoms with Gasteiger partial charge in [0.25, 0.3) is 0 Å². The molecule has 1 aromatic carbocycles. The van der Waals surface area contributed by atoms with Crippen molar-refractivity contribution >= 4 is 28.3 Å². The lowest BCUT2D eigenvalue weighted by Gasteiger charge is -2.16. The van der Waals surface area contributed by atoms with Gasteiger partial charge in [0.15, 0.2) is 0 Å². The lowest BCUT2D eigenvalue weighted by molar-refractivity contribution is 0.474. The maximum atomic E-state index is 5.45. The molecule has 0 aliphatic rings. The zero-order chi connectivity index (χ0) is 12.3. The van der Waals surface area contributed by atoms with E-state index in [9.17, 15) is 0 Å². The molecule has 0 saturated heterocycles. The maximum Gasteiger partial charge on any atom is 0.125 e. The van der Waals surface area contributed by atoms with Crippen LogP contribution in [0.1, 0.15) is 30.7 Å². The fourth-order valence-electron chi connectivity index (χ4n) is 1.75. The predicted octanol–water partition coefficient (Wildman–Crippen LogP) is 4.76. The van der Waals surface area contributed by atoms with E-state index in [1.165, 1.54) is 9.13 Å². The summed E-state index contributed by atoms with van der Waals surface area (Å²) in [6, 6.07) is 10.6. The number of benzene rings is 1. The molecule has 2 nitrogen and oxygen atoms in total. The topological polar surface area (TPSA) is 25.2 Å². The molecule has 2 rings (SSSR count). The molecule has 0 amide bonds. The Labute approximate surface area is 116 Å². The summed E-state index contributed by atoms with van der Waals surface area (Å²) in [5.74, 6) is 0.989. The highest BCUT2D eigenvalue weighted by Crippen LogP contribution is 2.24. The lowest BCUT2D eigenvalue weighted by atomic mass is 10.1. The minimum absolute atomic E-state index is 0.239. The average Bonchev–Trinajstić information content (AvgIpc) is 2.84. The van der Waals surface area contributed by atoms with Crippen LogP contribution in [0.25, 0.3) is 0 Å². The van der Waals surface area contributed by atoms with Gasteiger partial charge in [-0.15, -0.1) is 0 Å². The number of nitrogens with one attached hydrogen (secondary N) is 1. The predicted molar refractivity (Wildman–Crippen MR) is 79.3 cm³/mol. The Morgan fingerprint density at radius 1 is 1.35 bits per heavy atom. The van der Waals surface area contributed by atoms with Crippen molar-refractivity contribution in [3.8, 4) is 0 Å². The highest BCUT2D eigenvalue weighted by atomic mass is 127. The summed E-state index contributed by atoms with van der Waals surface area (Å²) in [6.07, 6.45) is 2.72. The van der Waals surface area contributed by atoms with Crippen LogP contribution in [0.2, 0.25) is 0 Å². The second kappa shape index (κ2) is 5.58. The minimum Gasteiger partial charge on any atom is -0.467 e. The van der Waals surface area contributed by atoms with E-state index in [0.717, 1.165) is 17.9 Å². The zero-order valence-electron chi connectivity index (χ0n) is 10.0. The molecule has 90 valence electrons. The summed E-state index contributed by atoms with van der Waals surface area (Å²) in [5, 5.41) is 3.50. The van der Waals surface area contributed by atoms with Gasteiger partial charge < -0.3 is 9.73 Å². The summed E-state index contributed by atoms with van der Waals surface area (Å²) in [5.41, 5.74) is 2.45. The van der Waals surface area contributed by atoms with Crippen LogP contribution in [0.4, 0.5) is 5.69 Å². The number of furan rings is 1. The van der Waals surface area contributed by atoms with E-state index in [2.05, 4.69) is 60.0 Å². The third-order valence-corrected chi connectivity index (χ3v) is 3.97. The first kappa shape index (κ1) is 12.5. The Kier molecular flexibility index (Phi) is 4.10. The Bertz CT molecular complexity index is 479. The van der Waals surface area contributed by atoms with E-state index < -0.39 is 0 Å². The second-order valence-electron chi connectivity index (χ2n) is 4.08. The molecule has 0 radical (unpaired) electrons. The first-order chi connectivity index (χ1) is 8.20. The van der Waals surface area contributed by atoms with Crippen molar-refractivity contribution in [2.45, 2.75) is 26.3 Å². The Hall–Kier alpha value is -0.970. The van der Waals surface area contributed by atoms with Crippen LogP contribution in [0.15, 0.2) is 41.0 Å². The summed E-state index contributed by atoms with van der Waals surface area (Å²) in [7, 11) is 0. The summed E-state index contributed by atoms with van der Waals surface area (Å²) in [4.78, 5) is 0. The number of rotatable bonds is 4. The molecule has 0 saturated carbocycles. The molecule has 0 spiro atoms. The highest BCUT2D eigenvalue weighted by Gasteiger charge is 2.11. The fraction of sp³-hybridized carbons (Fsp3) is 0.286. The Morgan fingerprint density at radius 2 is 2.18 bits per heavy atom. The van der Waals surface area contributed by atoms with Crippen molar-refractivity contribution in [3.63, 3.8) is 0 Å². The van der Waals surface area contributed by atoms with E-state index in [1.807, 2.05) is 12.1 Å². The van der Waals surface area contributed by atoms with E-state index in [-0.39, 0.29) is 6.04 Å². The normalized spacial score (nSPS) is 12.4. The van der Waals surface area contributed by atoms with Crippen LogP contribution >= 0.6 is 22.6 Å². The molecule has 3 heteroatoms. The molecule has 1 heterocycles. The number of hydrogen-bond acceptors (Lipinski definition) is 2.